The third-order valence-electron chi connectivity index (χ3n) is 2.49. The van der Waals surface area contributed by atoms with Crippen molar-refractivity contribution in [3.8, 4) is 0 Å². The molecule has 4 heteroatoms. The number of carbonyl (C=O) groups excluding carboxylic acids is 1. The van der Waals surface area contributed by atoms with E-state index in [2.05, 4.69) is 5.32 Å². The summed E-state index contributed by atoms with van der Waals surface area (Å²) in [5.74, 6) is 0. The Hall–Kier alpha value is -1.84. The van der Waals surface area contributed by atoms with E-state index in [9.17, 15) is 4.79 Å². The van der Waals surface area contributed by atoms with Gasteiger partial charge in [-0.25, -0.2) is 4.79 Å². The highest BCUT2D eigenvalue weighted by Crippen LogP contribution is 2.09. The molecule has 0 radical (unpaired) electrons. The summed E-state index contributed by atoms with van der Waals surface area (Å²) in [5, 5.41) is 10.4. The number of rotatable bonds is 4. The Morgan fingerprint density at radius 3 is 2.32 bits per heavy atom. The molecule has 0 atom stereocenters. The lowest BCUT2D eigenvalue weighted by Crippen LogP contribution is -2.32. The van der Waals surface area contributed by atoms with Gasteiger partial charge in [-0.15, -0.1) is 0 Å². The summed E-state index contributed by atoms with van der Waals surface area (Å²) in [5.41, 5.74) is 2.04. The Kier molecular flexibility index (Phi) is 5.10. The molecular weight excluding hydrogens is 240 g/mol. The fourth-order valence-electron chi connectivity index (χ4n) is 1.52. The number of nitrogens with one attached hydrogen (secondary N) is 2. The van der Waals surface area contributed by atoms with Crippen LogP contribution in [-0.2, 0) is 11.3 Å². The van der Waals surface area contributed by atoms with Gasteiger partial charge in [-0.1, -0.05) is 31.2 Å². The van der Waals surface area contributed by atoms with Gasteiger partial charge in [0.2, 0.25) is 0 Å². The minimum atomic E-state index is -0.482. The molecule has 104 valence electrons. The Morgan fingerprint density at radius 1 is 1.26 bits per heavy atom. The van der Waals surface area contributed by atoms with Crippen LogP contribution in [0.5, 0.6) is 0 Å². The lowest BCUT2D eigenvalue weighted by atomic mass is 10.1. The van der Waals surface area contributed by atoms with Gasteiger partial charge in [0, 0.05) is 12.3 Å². The van der Waals surface area contributed by atoms with Crippen LogP contribution in [0, 0.1) is 5.41 Å². The Balaban J connectivity index is 2.50. The van der Waals surface area contributed by atoms with Crippen LogP contribution in [0.2, 0.25) is 0 Å². The molecular formula is C15H22N2O2. The minimum absolute atomic E-state index is 0.419. The van der Waals surface area contributed by atoms with Crippen LogP contribution in [0.25, 0.3) is 0 Å². The second-order valence-corrected chi connectivity index (χ2v) is 5.38. The lowest BCUT2D eigenvalue weighted by molar-refractivity contribution is 0.0523. The molecule has 4 nitrogen and oxygen atoms in total. The number of benzene rings is 1. The standard InChI is InChI=1S/C15H22N2O2/c1-5-13(16)12-8-6-11(7-9-12)10-17-14(18)19-15(2,3)4/h6-9,16H,5,10H2,1-4H3,(H,17,18). The van der Waals surface area contributed by atoms with E-state index in [0.717, 1.165) is 17.5 Å². The molecule has 1 aromatic carbocycles. The zero-order chi connectivity index (χ0) is 14.5. The molecule has 1 rings (SSSR count). The lowest BCUT2D eigenvalue weighted by Gasteiger charge is -2.19. The summed E-state index contributed by atoms with van der Waals surface area (Å²) in [7, 11) is 0. The molecule has 0 saturated heterocycles. The number of hydrogen-bond acceptors (Lipinski definition) is 3. The Morgan fingerprint density at radius 2 is 1.84 bits per heavy atom. The van der Waals surface area contributed by atoms with Gasteiger partial charge in [0.25, 0.3) is 0 Å². The quantitative estimate of drug-likeness (QED) is 0.816. The molecule has 0 aliphatic heterocycles. The van der Waals surface area contributed by atoms with Crippen molar-refractivity contribution in [3.05, 3.63) is 35.4 Å². The second kappa shape index (κ2) is 6.36. The van der Waals surface area contributed by atoms with Gasteiger partial charge in [-0.3, -0.25) is 0 Å². The monoisotopic (exact) mass is 262 g/mol. The van der Waals surface area contributed by atoms with E-state index < -0.39 is 11.7 Å². The minimum Gasteiger partial charge on any atom is -0.444 e. The fourth-order valence-corrected chi connectivity index (χ4v) is 1.52. The first-order valence-electron chi connectivity index (χ1n) is 6.45. The van der Waals surface area contributed by atoms with E-state index >= 15 is 0 Å². The van der Waals surface area contributed by atoms with Crippen molar-refractivity contribution in [2.24, 2.45) is 0 Å². The van der Waals surface area contributed by atoms with E-state index in [0.29, 0.717) is 12.3 Å². The Bertz CT molecular complexity index is 444. The molecule has 1 amide bonds. The summed E-state index contributed by atoms with van der Waals surface area (Å²) < 4.78 is 5.15. The first-order valence-corrected chi connectivity index (χ1v) is 6.45. The number of amides is 1. The maximum atomic E-state index is 11.5. The van der Waals surface area contributed by atoms with Gasteiger partial charge in [0.15, 0.2) is 0 Å². The molecule has 0 aliphatic carbocycles. The summed E-state index contributed by atoms with van der Waals surface area (Å²) >= 11 is 0. The molecule has 0 unspecified atom stereocenters. The SMILES string of the molecule is CCC(=N)c1ccc(CNC(=O)OC(C)(C)C)cc1. The first kappa shape index (κ1) is 15.2. The van der Waals surface area contributed by atoms with Crippen molar-refractivity contribution in [2.45, 2.75) is 46.3 Å². The largest absolute Gasteiger partial charge is 0.444 e. The molecule has 0 heterocycles. The molecule has 2 N–H and O–H groups in total. The van der Waals surface area contributed by atoms with Crippen molar-refractivity contribution in [3.63, 3.8) is 0 Å². The van der Waals surface area contributed by atoms with Crippen LogP contribution in [0.15, 0.2) is 24.3 Å². The second-order valence-electron chi connectivity index (χ2n) is 5.38. The fraction of sp³-hybridized carbons (Fsp3) is 0.467. The van der Waals surface area contributed by atoms with Crippen molar-refractivity contribution < 1.29 is 9.53 Å². The Labute approximate surface area is 114 Å². The smallest absolute Gasteiger partial charge is 0.407 e. The van der Waals surface area contributed by atoms with Crippen molar-refractivity contribution >= 4 is 11.8 Å². The highest BCUT2D eigenvalue weighted by atomic mass is 16.6. The van der Waals surface area contributed by atoms with Crippen molar-refractivity contribution in [1.29, 1.82) is 5.41 Å². The highest BCUT2D eigenvalue weighted by molar-refractivity contribution is 5.97. The summed E-state index contributed by atoms with van der Waals surface area (Å²) in [6, 6.07) is 7.63. The molecule has 0 fully saturated rings. The molecule has 0 saturated carbocycles. The number of ether oxygens (including phenoxy) is 1. The molecule has 0 spiro atoms. The summed E-state index contributed by atoms with van der Waals surface area (Å²) in [6.07, 6.45) is 0.299. The molecule has 0 aliphatic rings. The van der Waals surface area contributed by atoms with E-state index in [1.54, 1.807) is 0 Å². The summed E-state index contributed by atoms with van der Waals surface area (Å²) in [4.78, 5) is 11.5. The van der Waals surface area contributed by atoms with Gasteiger partial charge in [-0.2, -0.15) is 0 Å². The number of carbonyl (C=O) groups is 1. The van der Waals surface area contributed by atoms with Gasteiger partial charge in [0.05, 0.1) is 0 Å². The van der Waals surface area contributed by atoms with Crippen LogP contribution >= 0.6 is 0 Å². The van der Waals surface area contributed by atoms with Crippen LogP contribution in [-0.4, -0.2) is 17.4 Å². The van der Waals surface area contributed by atoms with Crippen LogP contribution in [0.1, 0.15) is 45.2 Å². The average Bonchev–Trinajstić information content (AvgIpc) is 2.34. The number of alkyl carbamates (subject to hydrolysis) is 1. The number of hydrogen-bond donors (Lipinski definition) is 2. The molecule has 1 aromatic rings. The van der Waals surface area contributed by atoms with Crippen LogP contribution in [0.3, 0.4) is 0 Å². The van der Waals surface area contributed by atoms with E-state index in [4.69, 9.17) is 10.1 Å². The zero-order valence-corrected chi connectivity index (χ0v) is 12.0. The van der Waals surface area contributed by atoms with E-state index in [1.807, 2.05) is 52.0 Å². The van der Waals surface area contributed by atoms with Gasteiger partial charge >= 0.3 is 6.09 Å². The van der Waals surface area contributed by atoms with Gasteiger partial charge in [0.1, 0.15) is 5.60 Å². The van der Waals surface area contributed by atoms with Gasteiger partial charge < -0.3 is 15.5 Å². The first-order chi connectivity index (χ1) is 8.81. The highest BCUT2D eigenvalue weighted by Gasteiger charge is 2.15. The van der Waals surface area contributed by atoms with E-state index in [1.165, 1.54) is 0 Å². The van der Waals surface area contributed by atoms with Crippen LogP contribution < -0.4 is 5.32 Å². The van der Waals surface area contributed by atoms with Crippen molar-refractivity contribution in [2.75, 3.05) is 0 Å². The maximum Gasteiger partial charge on any atom is 0.407 e. The zero-order valence-electron chi connectivity index (χ0n) is 12.0. The normalized spacial score (nSPS) is 10.9. The van der Waals surface area contributed by atoms with Crippen LogP contribution in [0.4, 0.5) is 4.79 Å². The third-order valence-corrected chi connectivity index (χ3v) is 2.49. The predicted octanol–water partition coefficient (Wildman–Crippen LogP) is 3.49. The van der Waals surface area contributed by atoms with Gasteiger partial charge in [-0.05, 0) is 38.3 Å². The van der Waals surface area contributed by atoms with Crippen molar-refractivity contribution in [1.82, 2.24) is 5.32 Å². The van der Waals surface area contributed by atoms with E-state index in [-0.39, 0.29) is 0 Å². The maximum absolute atomic E-state index is 11.5. The molecule has 0 bridgehead atoms. The topological polar surface area (TPSA) is 62.2 Å². The predicted molar refractivity (Wildman–Crippen MR) is 76.6 cm³/mol. The summed E-state index contributed by atoms with van der Waals surface area (Å²) in [6.45, 7) is 7.88. The molecule has 19 heavy (non-hydrogen) atoms. The third kappa shape index (κ3) is 5.55. The average molecular weight is 262 g/mol. The molecule has 0 aromatic heterocycles.